The minimum atomic E-state index is -0.00827. The van der Waals surface area contributed by atoms with Gasteiger partial charge in [-0.2, -0.15) is 0 Å². The van der Waals surface area contributed by atoms with E-state index in [1.807, 2.05) is 54.6 Å². The first kappa shape index (κ1) is 30.0. The Balaban J connectivity index is 0.000000296. The van der Waals surface area contributed by atoms with E-state index < -0.39 is 0 Å². The van der Waals surface area contributed by atoms with Gasteiger partial charge in [-0.3, -0.25) is 14.4 Å². The maximum atomic E-state index is 13.0. The van der Waals surface area contributed by atoms with Gasteiger partial charge in [-0.05, 0) is 97.8 Å². The van der Waals surface area contributed by atoms with Gasteiger partial charge in [0.05, 0.1) is 5.52 Å². The average molecular weight is 620 g/mol. The molecule has 1 saturated heterocycles. The number of benzene rings is 1. The Kier molecular flexibility index (Phi) is 9.32. The Morgan fingerprint density at radius 2 is 1.78 bits per heavy atom. The van der Waals surface area contributed by atoms with E-state index in [0.717, 1.165) is 51.9 Å². The number of carbonyl (C=O) groups is 3. The Hall–Kier alpha value is -3.92. The molecule has 0 aliphatic carbocycles. The molecular weight excluding hydrogens is 584 g/mol. The summed E-state index contributed by atoms with van der Waals surface area (Å²) in [4.78, 5) is 50.1. The van der Waals surface area contributed by atoms with Crippen molar-refractivity contribution < 1.29 is 14.4 Å². The standard InChI is InChI=1S/C24H28N4O2.C7H7BrN2O/c1-14-6-16(3)28(11-14)23(30)13-27-12-22(17(4)29)21-8-19(7-15(2)24(21)27)20-9-25-18(5)26-10-20;1-5-2-3-6(8)10-7(5)9-4-11/h7-10,12,14,16H,6,11,13H2,1-5H3;2-4H,1H3,(H,9,10,11). The van der Waals surface area contributed by atoms with Gasteiger partial charge >= 0.3 is 0 Å². The van der Waals surface area contributed by atoms with E-state index in [4.69, 9.17) is 0 Å². The highest BCUT2D eigenvalue weighted by molar-refractivity contribution is 9.10. The molecule has 1 fully saturated rings. The van der Waals surface area contributed by atoms with Gasteiger partial charge in [-0.25, -0.2) is 15.0 Å². The van der Waals surface area contributed by atoms with E-state index in [9.17, 15) is 14.4 Å². The van der Waals surface area contributed by atoms with Crippen molar-refractivity contribution in [1.82, 2.24) is 24.4 Å². The minimum absolute atomic E-state index is 0.00827. The zero-order chi connectivity index (χ0) is 29.8. The van der Waals surface area contributed by atoms with Crippen LogP contribution in [-0.4, -0.2) is 55.1 Å². The van der Waals surface area contributed by atoms with Crippen LogP contribution in [0.4, 0.5) is 5.82 Å². The normalized spacial score (nSPS) is 16.3. The van der Waals surface area contributed by atoms with Crippen LogP contribution >= 0.6 is 15.9 Å². The molecule has 0 radical (unpaired) electrons. The fourth-order valence-corrected chi connectivity index (χ4v) is 5.67. The summed E-state index contributed by atoms with van der Waals surface area (Å²) in [5.41, 5.74) is 5.41. The number of rotatable bonds is 6. The first-order valence-electron chi connectivity index (χ1n) is 13.5. The van der Waals surface area contributed by atoms with Gasteiger partial charge in [-0.15, -0.1) is 0 Å². The molecule has 4 heterocycles. The molecule has 2 amide bonds. The summed E-state index contributed by atoms with van der Waals surface area (Å²) in [6.45, 7) is 12.7. The van der Waals surface area contributed by atoms with Crippen molar-refractivity contribution in [2.75, 3.05) is 11.9 Å². The number of likely N-dealkylation sites (tertiary alicyclic amines) is 1. The Morgan fingerprint density at radius 3 is 2.39 bits per heavy atom. The number of halogens is 1. The van der Waals surface area contributed by atoms with Crippen molar-refractivity contribution in [3.05, 3.63) is 70.0 Å². The van der Waals surface area contributed by atoms with Crippen molar-refractivity contribution in [2.24, 2.45) is 5.92 Å². The molecule has 9 nitrogen and oxygen atoms in total. The molecule has 214 valence electrons. The third-order valence-corrected chi connectivity index (χ3v) is 7.77. The number of fused-ring (bicyclic) bond motifs is 1. The summed E-state index contributed by atoms with van der Waals surface area (Å²) in [6, 6.07) is 8.04. The van der Waals surface area contributed by atoms with Crippen molar-refractivity contribution in [3.63, 3.8) is 0 Å². The lowest BCUT2D eigenvalue weighted by Crippen LogP contribution is -2.36. The van der Waals surface area contributed by atoms with E-state index in [-0.39, 0.29) is 24.3 Å². The van der Waals surface area contributed by atoms with Crippen LogP contribution in [0, 0.1) is 26.7 Å². The first-order valence-corrected chi connectivity index (χ1v) is 14.3. The number of Topliss-reactive ketones (excluding diaryl/α,β-unsaturated/α-hetero) is 1. The van der Waals surface area contributed by atoms with Crippen LogP contribution < -0.4 is 5.32 Å². The number of carbonyl (C=O) groups excluding carboxylic acids is 3. The molecule has 2 atom stereocenters. The second-order valence-electron chi connectivity index (χ2n) is 10.7. The highest BCUT2D eigenvalue weighted by Gasteiger charge is 2.30. The van der Waals surface area contributed by atoms with Crippen LogP contribution in [0.15, 0.2) is 47.5 Å². The highest BCUT2D eigenvalue weighted by Crippen LogP contribution is 2.32. The number of nitrogens with zero attached hydrogens (tertiary/aromatic N) is 5. The molecule has 3 aromatic heterocycles. The smallest absolute Gasteiger partial charge is 0.242 e. The van der Waals surface area contributed by atoms with E-state index >= 15 is 0 Å². The molecule has 1 aliphatic heterocycles. The molecule has 0 spiro atoms. The SMILES string of the molecule is CC(=O)c1cn(CC(=O)N2CC(C)CC2C)c2c(C)cc(-c3cnc(C)nc3)cc12.Cc1ccc(Br)nc1NC=O. The summed E-state index contributed by atoms with van der Waals surface area (Å²) in [7, 11) is 0. The third kappa shape index (κ3) is 6.87. The van der Waals surface area contributed by atoms with Crippen LogP contribution in [0.2, 0.25) is 0 Å². The van der Waals surface area contributed by atoms with Crippen molar-refractivity contribution in [2.45, 2.75) is 60.5 Å². The van der Waals surface area contributed by atoms with Crippen molar-refractivity contribution in [1.29, 1.82) is 0 Å². The number of aromatic nitrogens is 4. The Bertz CT molecular complexity index is 1600. The summed E-state index contributed by atoms with van der Waals surface area (Å²) >= 11 is 3.20. The molecule has 0 bridgehead atoms. The zero-order valence-corrected chi connectivity index (χ0v) is 25.8. The van der Waals surface area contributed by atoms with E-state index in [1.54, 1.807) is 19.3 Å². The number of hydrogen-bond donors (Lipinski definition) is 1. The van der Waals surface area contributed by atoms with Gasteiger partial charge in [0.2, 0.25) is 12.3 Å². The second kappa shape index (κ2) is 12.7. The van der Waals surface area contributed by atoms with Crippen LogP contribution in [-0.2, 0) is 16.1 Å². The maximum absolute atomic E-state index is 13.0. The first-order chi connectivity index (χ1) is 19.5. The fraction of sp³-hybridized carbons (Fsp3) is 0.355. The van der Waals surface area contributed by atoms with Gasteiger partial charge in [0.1, 0.15) is 22.8 Å². The van der Waals surface area contributed by atoms with Crippen LogP contribution in [0.25, 0.3) is 22.0 Å². The Labute approximate surface area is 248 Å². The molecule has 5 rings (SSSR count). The largest absolute Gasteiger partial charge is 0.338 e. The molecular formula is C31H35BrN6O3. The topological polar surface area (TPSA) is 110 Å². The molecule has 1 aliphatic rings. The molecule has 1 N–H and O–H groups in total. The number of nitrogens with one attached hydrogen (secondary N) is 1. The summed E-state index contributed by atoms with van der Waals surface area (Å²) in [5.74, 6) is 1.94. The zero-order valence-electron chi connectivity index (χ0n) is 24.2. The predicted octanol–water partition coefficient (Wildman–Crippen LogP) is 5.90. The number of amides is 2. The average Bonchev–Trinajstić information content (AvgIpc) is 3.46. The van der Waals surface area contributed by atoms with E-state index in [2.05, 4.69) is 56.1 Å². The van der Waals surface area contributed by atoms with Gasteiger partial charge in [0, 0.05) is 47.7 Å². The quantitative estimate of drug-likeness (QED) is 0.164. The number of pyridine rings is 1. The van der Waals surface area contributed by atoms with Crippen molar-refractivity contribution >= 4 is 50.8 Å². The lowest BCUT2D eigenvalue weighted by Gasteiger charge is -2.22. The molecule has 4 aromatic rings. The number of hydrogen-bond acceptors (Lipinski definition) is 6. The van der Waals surface area contributed by atoms with Crippen LogP contribution in [0.1, 0.15) is 54.5 Å². The molecule has 1 aromatic carbocycles. The number of ketones is 1. The van der Waals surface area contributed by atoms with Crippen LogP contribution in [0.3, 0.4) is 0 Å². The minimum Gasteiger partial charge on any atom is -0.338 e. The van der Waals surface area contributed by atoms with E-state index in [1.165, 1.54) is 0 Å². The lowest BCUT2D eigenvalue weighted by atomic mass is 10.0. The lowest BCUT2D eigenvalue weighted by molar-refractivity contribution is -0.132. The summed E-state index contributed by atoms with van der Waals surface area (Å²) in [5, 5.41) is 3.36. The third-order valence-electron chi connectivity index (χ3n) is 7.32. The predicted molar refractivity (Wildman–Crippen MR) is 164 cm³/mol. The van der Waals surface area contributed by atoms with Gasteiger partial charge in [0.15, 0.2) is 5.78 Å². The van der Waals surface area contributed by atoms with Crippen molar-refractivity contribution in [3.8, 4) is 11.1 Å². The van der Waals surface area contributed by atoms with Gasteiger partial charge in [-0.1, -0.05) is 13.0 Å². The fourth-order valence-electron chi connectivity index (χ4n) is 5.36. The summed E-state index contributed by atoms with van der Waals surface area (Å²) < 4.78 is 2.65. The maximum Gasteiger partial charge on any atom is 0.242 e. The molecule has 2 unspecified atom stereocenters. The second-order valence-corrected chi connectivity index (χ2v) is 11.5. The summed E-state index contributed by atoms with van der Waals surface area (Å²) in [6.07, 6.45) is 7.08. The molecule has 41 heavy (non-hydrogen) atoms. The van der Waals surface area contributed by atoms with Gasteiger partial charge in [0.25, 0.3) is 0 Å². The van der Waals surface area contributed by atoms with Crippen LogP contribution in [0.5, 0.6) is 0 Å². The molecule has 0 saturated carbocycles. The molecule has 10 heteroatoms. The number of aryl methyl sites for hydroxylation is 3. The highest BCUT2D eigenvalue weighted by atomic mass is 79.9. The van der Waals surface area contributed by atoms with E-state index in [0.29, 0.717) is 28.3 Å². The number of anilines is 1. The monoisotopic (exact) mass is 618 g/mol. The van der Waals surface area contributed by atoms with Gasteiger partial charge < -0.3 is 14.8 Å². The Morgan fingerprint density at radius 1 is 1.07 bits per heavy atom.